The molecule has 3 N–H and O–H groups in total. The predicted molar refractivity (Wildman–Crippen MR) is 399 cm³/mol. The molecule has 0 aliphatic rings. The third kappa shape index (κ3) is 70.7. The van der Waals surface area contributed by atoms with Crippen LogP contribution in [-0.2, 0) is 65.4 Å². The monoisotopic (exact) mass is 1420 g/mol. The molecule has 0 aliphatic carbocycles. The second-order valence-corrected chi connectivity index (χ2v) is 28.8. The van der Waals surface area contributed by atoms with E-state index in [0.717, 1.165) is 141 Å². The van der Waals surface area contributed by atoms with Gasteiger partial charge < -0.3 is 33.8 Å². The highest BCUT2D eigenvalue weighted by Gasteiger charge is 2.30. The van der Waals surface area contributed by atoms with Crippen LogP contribution in [0.1, 0.15) is 336 Å². The van der Waals surface area contributed by atoms with Crippen molar-refractivity contribution in [3.8, 4) is 0 Å². The molecule has 98 heavy (non-hydrogen) atoms. The molecule has 0 fully saturated rings. The van der Waals surface area contributed by atoms with Crippen molar-refractivity contribution >= 4 is 39.5 Å². The summed E-state index contributed by atoms with van der Waals surface area (Å²) in [7, 11) is -9.96. The van der Waals surface area contributed by atoms with E-state index in [2.05, 4.69) is 113 Å². The van der Waals surface area contributed by atoms with E-state index in [1.54, 1.807) is 0 Å². The number of phosphoric ester groups is 2. The Morgan fingerprint density at radius 1 is 0.296 bits per heavy atom. The number of phosphoric acid groups is 2. The number of carbonyl (C=O) groups excluding carboxylic acids is 4. The summed E-state index contributed by atoms with van der Waals surface area (Å²) in [6.07, 6.45) is 72.8. The van der Waals surface area contributed by atoms with Gasteiger partial charge in [0.15, 0.2) is 12.2 Å². The first kappa shape index (κ1) is 94.2. The van der Waals surface area contributed by atoms with Gasteiger partial charge in [-0.2, -0.15) is 0 Å². The zero-order valence-electron chi connectivity index (χ0n) is 62.0. The van der Waals surface area contributed by atoms with Crippen molar-refractivity contribution in [2.75, 3.05) is 39.6 Å². The lowest BCUT2D eigenvalue weighted by atomic mass is 10.0. The number of allylic oxidation sites excluding steroid dienone is 14. The van der Waals surface area contributed by atoms with Crippen molar-refractivity contribution in [3.63, 3.8) is 0 Å². The minimum Gasteiger partial charge on any atom is -0.462 e. The maximum Gasteiger partial charge on any atom is 0.472 e. The zero-order valence-corrected chi connectivity index (χ0v) is 63.7. The lowest BCUT2D eigenvalue weighted by molar-refractivity contribution is -0.161. The summed E-state index contributed by atoms with van der Waals surface area (Å²) in [6.45, 7) is 4.69. The number of carbonyl (C=O) groups is 4. The smallest absolute Gasteiger partial charge is 0.462 e. The molecule has 5 atom stereocenters. The number of hydrogen-bond donors (Lipinski definition) is 3. The lowest BCUT2D eigenvalue weighted by Gasteiger charge is -2.21. The average molecular weight is 1420 g/mol. The number of ether oxygens (including phenoxy) is 4. The minimum absolute atomic E-state index is 0.0705. The highest BCUT2D eigenvalue weighted by molar-refractivity contribution is 7.47. The summed E-state index contributed by atoms with van der Waals surface area (Å²) in [6, 6.07) is 0. The van der Waals surface area contributed by atoms with Gasteiger partial charge in [-0.25, -0.2) is 9.13 Å². The Labute approximate surface area is 595 Å². The average Bonchev–Trinajstić information content (AvgIpc) is 1.04. The molecular weight excluding hydrogens is 1280 g/mol. The van der Waals surface area contributed by atoms with E-state index in [1.165, 1.54) is 116 Å². The summed E-state index contributed by atoms with van der Waals surface area (Å²) in [4.78, 5) is 72.9. The topological polar surface area (TPSA) is 237 Å². The van der Waals surface area contributed by atoms with Gasteiger partial charge in [0.25, 0.3) is 0 Å². The fourth-order valence-corrected chi connectivity index (χ4v) is 12.0. The van der Waals surface area contributed by atoms with Crippen molar-refractivity contribution in [1.82, 2.24) is 0 Å². The summed E-state index contributed by atoms with van der Waals surface area (Å²) >= 11 is 0. The maximum atomic E-state index is 13.1. The largest absolute Gasteiger partial charge is 0.472 e. The maximum absolute atomic E-state index is 13.1. The normalized spacial score (nSPS) is 14.4. The van der Waals surface area contributed by atoms with Crippen molar-refractivity contribution in [1.29, 1.82) is 0 Å². The van der Waals surface area contributed by atoms with E-state index in [-0.39, 0.29) is 25.7 Å². The van der Waals surface area contributed by atoms with Gasteiger partial charge in [0.1, 0.15) is 19.3 Å². The van der Waals surface area contributed by atoms with E-state index < -0.39 is 97.5 Å². The Morgan fingerprint density at radius 3 is 0.878 bits per heavy atom. The molecule has 0 aromatic carbocycles. The number of hydrogen-bond acceptors (Lipinski definition) is 15. The van der Waals surface area contributed by atoms with E-state index >= 15 is 0 Å². The Hall–Kier alpha value is -3.76. The van der Waals surface area contributed by atoms with Crippen LogP contribution in [0.15, 0.2) is 85.1 Å². The van der Waals surface area contributed by atoms with Gasteiger partial charge in [0.05, 0.1) is 26.4 Å². The second kappa shape index (κ2) is 71.6. The van der Waals surface area contributed by atoms with Crippen LogP contribution in [0.5, 0.6) is 0 Å². The standard InChI is InChI=1S/C79H140O17P2/c1-5-9-13-17-21-25-29-33-36-40-43-47-51-55-59-63-76(81)89-69-74(95-78(83)65-61-57-53-49-45-39-32-28-24-20-16-12-8-4)71-93-97(85,86)91-67-73(80)68-92-98(87,88)94-72-75(96-79(84)66-62-58-54-50-46-42-38-35-31-27-23-19-15-11-7-3)70-90-77(82)64-60-56-52-48-44-41-37-34-30-26-22-18-14-10-6-2/h10,14,22-23,26-28,32,34-35,37-38,44,48,73-75,80H,5-9,11-13,15-21,24-25,29-31,33,36,39-43,45-47,49-72H2,1-4H3,(H,85,86)(H,87,88)/b14-10-,26-22-,27-23-,32-28-,37-34-,38-35-,48-44-. The number of aliphatic hydroxyl groups is 1. The van der Waals surface area contributed by atoms with Gasteiger partial charge in [-0.05, 0) is 122 Å². The van der Waals surface area contributed by atoms with Gasteiger partial charge in [-0.3, -0.25) is 37.3 Å². The Balaban J connectivity index is 5.37. The molecule has 5 unspecified atom stereocenters. The molecule has 17 nitrogen and oxygen atoms in total. The second-order valence-electron chi connectivity index (χ2n) is 25.9. The fourth-order valence-electron chi connectivity index (χ4n) is 10.4. The molecule has 0 aliphatic heterocycles. The molecule has 0 amide bonds. The van der Waals surface area contributed by atoms with E-state index in [9.17, 15) is 43.2 Å². The lowest BCUT2D eigenvalue weighted by Crippen LogP contribution is -2.30. The number of esters is 4. The van der Waals surface area contributed by atoms with Crippen LogP contribution in [0.25, 0.3) is 0 Å². The summed E-state index contributed by atoms with van der Waals surface area (Å²) < 4.78 is 68.5. The Bertz CT molecular complexity index is 2190. The summed E-state index contributed by atoms with van der Waals surface area (Å²) in [5, 5.41) is 10.6. The third-order valence-electron chi connectivity index (χ3n) is 16.3. The van der Waals surface area contributed by atoms with Crippen molar-refractivity contribution in [3.05, 3.63) is 85.1 Å². The van der Waals surface area contributed by atoms with Crippen molar-refractivity contribution in [2.24, 2.45) is 0 Å². The van der Waals surface area contributed by atoms with E-state index in [0.29, 0.717) is 25.7 Å². The highest BCUT2D eigenvalue weighted by atomic mass is 31.2. The van der Waals surface area contributed by atoms with Crippen LogP contribution in [0.4, 0.5) is 0 Å². The Morgan fingerprint density at radius 2 is 0.531 bits per heavy atom. The molecule has 0 heterocycles. The predicted octanol–water partition coefficient (Wildman–Crippen LogP) is 22.2. The molecule has 19 heteroatoms. The molecule has 0 saturated carbocycles. The molecule has 0 rings (SSSR count). The SMILES string of the molecule is CC/C=C\C/C=C\C/C=C\C/C=C\CCCCC(=O)OCC(COP(=O)(O)OCC(O)COP(=O)(O)OCC(COC(=O)CCCCCCCCCCCCCCCCC)OC(=O)CCCCCCC/C=C\CCCCCC)OC(=O)CCCCCCC/C=C\C/C=C\CCCCC. The summed E-state index contributed by atoms with van der Waals surface area (Å²) in [5.74, 6) is -2.23. The van der Waals surface area contributed by atoms with Crippen LogP contribution in [0.2, 0.25) is 0 Å². The van der Waals surface area contributed by atoms with Gasteiger partial charge in [-0.1, -0.05) is 273 Å². The number of unbranched alkanes of at least 4 members (excludes halogenated alkanes) is 33. The Kier molecular flexibility index (Phi) is 68.9. The molecule has 0 bridgehead atoms. The number of aliphatic hydroxyl groups excluding tert-OH is 1. The molecule has 0 saturated heterocycles. The molecule has 0 spiro atoms. The molecular formula is C79H140O17P2. The molecule has 0 radical (unpaired) electrons. The van der Waals surface area contributed by atoms with E-state index in [4.69, 9.17) is 37.0 Å². The quantitative estimate of drug-likeness (QED) is 0.0169. The van der Waals surface area contributed by atoms with Crippen LogP contribution < -0.4 is 0 Å². The van der Waals surface area contributed by atoms with Crippen LogP contribution in [-0.4, -0.2) is 96.7 Å². The summed E-state index contributed by atoms with van der Waals surface area (Å²) in [5.41, 5.74) is 0. The first-order valence-electron chi connectivity index (χ1n) is 38.8. The first-order valence-corrected chi connectivity index (χ1v) is 41.8. The zero-order chi connectivity index (χ0) is 71.8. The minimum atomic E-state index is -4.98. The number of rotatable bonds is 73. The molecule has 0 aromatic rings. The van der Waals surface area contributed by atoms with Gasteiger partial charge in [0, 0.05) is 25.7 Å². The fraction of sp³-hybridized carbons (Fsp3) is 0.772. The highest BCUT2D eigenvalue weighted by Crippen LogP contribution is 2.45. The van der Waals surface area contributed by atoms with Crippen LogP contribution >= 0.6 is 15.6 Å². The van der Waals surface area contributed by atoms with Gasteiger partial charge in [0.2, 0.25) is 0 Å². The molecule has 0 aromatic heterocycles. The first-order chi connectivity index (χ1) is 47.7. The molecule has 568 valence electrons. The third-order valence-corrected chi connectivity index (χ3v) is 18.2. The van der Waals surface area contributed by atoms with E-state index in [1.807, 2.05) is 0 Å². The van der Waals surface area contributed by atoms with Crippen LogP contribution in [0, 0.1) is 0 Å². The van der Waals surface area contributed by atoms with Crippen molar-refractivity contribution in [2.45, 2.75) is 354 Å². The van der Waals surface area contributed by atoms with Gasteiger partial charge in [-0.15, -0.1) is 0 Å². The van der Waals surface area contributed by atoms with Crippen molar-refractivity contribution < 1.29 is 80.2 Å². The van der Waals surface area contributed by atoms with Gasteiger partial charge >= 0.3 is 39.5 Å². The van der Waals surface area contributed by atoms with Crippen LogP contribution in [0.3, 0.4) is 0 Å².